The summed E-state index contributed by atoms with van der Waals surface area (Å²) in [5.41, 5.74) is 7.16. The van der Waals surface area contributed by atoms with Gasteiger partial charge in [0.2, 0.25) is 5.91 Å². The maximum absolute atomic E-state index is 12.1. The zero-order chi connectivity index (χ0) is 15.5. The molecule has 0 aliphatic rings. The van der Waals surface area contributed by atoms with Gasteiger partial charge in [0, 0.05) is 11.8 Å². The average molecular weight is 288 g/mol. The number of carbonyl (C=O) groups excluding carboxylic acids is 1. The SMILES string of the molecule is CCCC(C)(N)C(=O)Nc1ccc(-c2cc(=O)[nH][nH]2)cc1. The minimum absolute atomic E-state index is 0.180. The molecule has 1 aromatic heterocycles. The minimum Gasteiger partial charge on any atom is -0.325 e. The number of carbonyl (C=O) groups is 1. The highest BCUT2D eigenvalue weighted by molar-refractivity contribution is 5.97. The van der Waals surface area contributed by atoms with E-state index in [1.807, 2.05) is 19.1 Å². The van der Waals surface area contributed by atoms with Crippen molar-refractivity contribution in [2.24, 2.45) is 5.73 Å². The van der Waals surface area contributed by atoms with Crippen molar-refractivity contribution in [3.63, 3.8) is 0 Å². The molecule has 2 rings (SSSR count). The number of hydrogen-bond acceptors (Lipinski definition) is 3. The molecule has 112 valence electrons. The van der Waals surface area contributed by atoms with Crippen LogP contribution in [-0.4, -0.2) is 21.6 Å². The van der Waals surface area contributed by atoms with Gasteiger partial charge in [-0.1, -0.05) is 25.5 Å². The number of nitrogens with two attached hydrogens (primary N) is 1. The fourth-order valence-corrected chi connectivity index (χ4v) is 2.13. The molecular formula is C15H20N4O2. The number of hydrogen-bond donors (Lipinski definition) is 4. The molecule has 0 spiro atoms. The van der Waals surface area contributed by atoms with Gasteiger partial charge >= 0.3 is 0 Å². The van der Waals surface area contributed by atoms with Crippen LogP contribution >= 0.6 is 0 Å². The molecule has 1 heterocycles. The maximum atomic E-state index is 12.1. The molecule has 0 fully saturated rings. The lowest BCUT2D eigenvalue weighted by molar-refractivity contribution is -0.120. The van der Waals surface area contributed by atoms with Crippen molar-refractivity contribution in [2.45, 2.75) is 32.2 Å². The van der Waals surface area contributed by atoms with Crippen LogP contribution in [0.3, 0.4) is 0 Å². The number of nitrogens with one attached hydrogen (secondary N) is 3. The molecule has 6 nitrogen and oxygen atoms in total. The Morgan fingerprint density at radius 3 is 2.48 bits per heavy atom. The van der Waals surface area contributed by atoms with Crippen LogP contribution in [0.25, 0.3) is 11.3 Å². The summed E-state index contributed by atoms with van der Waals surface area (Å²) in [6.07, 6.45) is 1.47. The molecule has 21 heavy (non-hydrogen) atoms. The second-order valence-electron chi connectivity index (χ2n) is 5.37. The summed E-state index contributed by atoms with van der Waals surface area (Å²) in [6, 6.07) is 8.68. The Morgan fingerprint density at radius 1 is 1.29 bits per heavy atom. The Hall–Kier alpha value is -2.34. The van der Waals surface area contributed by atoms with Crippen LogP contribution < -0.4 is 16.6 Å². The quantitative estimate of drug-likeness (QED) is 0.674. The summed E-state index contributed by atoms with van der Waals surface area (Å²) in [4.78, 5) is 23.2. The highest BCUT2D eigenvalue weighted by Crippen LogP contribution is 2.19. The van der Waals surface area contributed by atoms with Crippen LogP contribution in [-0.2, 0) is 4.79 Å². The lowest BCUT2D eigenvalue weighted by Gasteiger charge is -2.22. The van der Waals surface area contributed by atoms with Gasteiger partial charge in [-0.15, -0.1) is 0 Å². The van der Waals surface area contributed by atoms with E-state index in [9.17, 15) is 9.59 Å². The highest BCUT2D eigenvalue weighted by Gasteiger charge is 2.27. The Bertz CT molecular complexity index is 667. The van der Waals surface area contributed by atoms with Crippen molar-refractivity contribution in [3.8, 4) is 11.3 Å². The van der Waals surface area contributed by atoms with Crippen LogP contribution in [0.5, 0.6) is 0 Å². The third-order valence-corrected chi connectivity index (χ3v) is 3.34. The van der Waals surface area contributed by atoms with E-state index in [1.165, 1.54) is 6.07 Å². The van der Waals surface area contributed by atoms with Crippen LogP contribution in [0.4, 0.5) is 5.69 Å². The molecule has 5 N–H and O–H groups in total. The molecular weight excluding hydrogens is 268 g/mol. The Labute approximate surface area is 122 Å². The number of rotatable bonds is 5. The molecule has 0 saturated heterocycles. The molecule has 0 radical (unpaired) electrons. The number of anilines is 1. The Morgan fingerprint density at radius 2 is 1.95 bits per heavy atom. The molecule has 0 saturated carbocycles. The van der Waals surface area contributed by atoms with Crippen molar-refractivity contribution in [3.05, 3.63) is 40.7 Å². The van der Waals surface area contributed by atoms with Crippen molar-refractivity contribution in [1.82, 2.24) is 10.2 Å². The van der Waals surface area contributed by atoms with Gasteiger partial charge in [-0.2, -0.15) is 0 Å². The summed E-state index contributed by atoms with van der Waals surface area (Å²) in [5, 5.41) is 8.07. The van der Waals surface area contributed by atoms with E-state index in [0.29, 0.717) is 17.8 Å². The van der Waals surface area contributed by atoms with Crippen molar-refractivity contribution >= 4 is 11.6 Å². The third-order valence-electron chi connectivity index (χ3n) is 3.34. The van der Waals surface area contributed by atoms with Gasteiger partial charge in [0.1, 0.15) is 0 Å². The second kappa shape index (κ2) is 5.97. The number of aromatic amines is 2. The van der Waals surface area contributed by atoms with Gasteiger partial charge in [0.05, 0.1) is 11.2 Å². The largest absolute Gasteiger partial charge is 0.325 e. The first kappa shape index (κ1) is 15.1. The lowest BCUT2D eigenvalue weighted by atomic mass is 9.96. The average Bonchev–Trinajstić information content (AvgIpc) is 2.86. The molecule has 1 unspecified atom stereocenters. The van der Waals surface area contributed by atoms with Gasteiger partial charge in [-0.25, -0.2) is 0 Å². The van der Waals surface area contributed by atoms with Gasteiger partial charge in [0.25, 0.3) is 5.56 Å². The third kappa shape index (κ3) is 3.61. The van der Waals surface area contributed by atoms with E-state index >= 15 is 0 Å². The van der Waals surface area contributed by atoms with Gasteiger partial charge in [-0.05, 0) is 31.0 Å². The molecule has 6 heteroatoms. The monoisotopic (exact) mass is 288 g/mol. The minimum atomic E-state index is -0.876. The lowest BCUT2D eigenvalue weighted by Crippen LogP contribution is -2.48. The number of benzene rings is 1. The van der Waals surface area contributed by atoms with Gasteiger partial charge < -0.3 is 11.1 Å². The molecule has 2 aromatic rings. The Kier molecular flexibility index (Phi) is 4.28. The molecule has 1 amide bonds. The highest BCUT2D eigenvalue weighted by atomic mass is 16.2. The molecule has 1 atom stereocenters. The van der Waals surface area contributed by atoms with Crippen LogP contribution in [0, 0.1) is 0 Å². The first-order valence-corrected chi connectivity index (χ1v) is 6.91. The van der Waals surface area contributed by atoms with Crippen molar-refractivity contribution in [2.75, 3.05) is 5.32 Å². The van der Waals surface area contributed by atoms with E-state index in [4.69, 9.17) is 5.73 Å². The molecule has 0 aliphatic heterocycles. The predicted octanol–water partition coefficient (Wildman–Crippen LogP) is 1.83. The summed E-state index contributed by atoms with van der Waals surface area (Å²) in [5.74, 6) is -0.202. The topological polar surface area (TPSA) is 104 Å². The smallest absolute Gasteiger partial charge is 0.264 e. The van der Waals surface area contributed by atoms with Gasteiger partial charge in [0.15, 0.2) is 0 Å². The van der Waals surface area contributed by atoms with E-state index in [0.717, 1.165) is 12.0 Å². The van der Waals surface area contributed by atoms with Crippen molar-refractivity contribution < 1.29 is 4.79 Å². The second-order valence-corrected chi connectivity index (χ2v) is 5.37. The van der Waals surface area contributed by atoms with Crippen LogP contribution in [0.2, 0.25) is 0 Å². The molecule has 0 aliphatic carbocycles. The maximum Gasteiger partial charge on any atom is 0.264 e. The predicted molar refractivity (Wildman–Crippen MR) is 83.0 cm³/mol. The standard InChI is InChI=1S/C15H20N4O2/c1-3-8-15(2,16)14(21)17-11-6-4-10(5-7-11)12-9-13(20)19-18-12/h4-7,9H,3,8,16H2,1-2H3,(H,17,21)(H2,18,19,20). The van der Waals surface area contributed by atoms with Crippen molar-refractivity contribution in [1.29, 1.82) is 0 Å². The number of aromatic nitrogens is 2. The summed E-state index contributed by atoms with van der Waals surface area (Å²) < 4.78 is 0. The first-order valence-electron chi connectivity index (χ1n) is 6.91. The van der Waals surface area contributed by atoms with E-state index in [1.54, 1.807) is 19.1 Å². The zero-order valence-corrected chi connectivity index (χ0v) is 12.2. The number of amides is 1. The van der Waals surface area contributed by atoms with Gasteiger partial charge in [-0.3, -0.25) is 19.8 Å². The zero-order valence-electron chi connectivity index (χ0n) is 12.2. The Balaban J connectivity index is 2.09. The fourth-order valence-electron chi connectivity index (χ4n) is 2.13. The normalized spacial score (nSPS) is 13.7. The summed E-state index contributed by atoms with van der Waals surface area (Å²) >= 11 is 0. The van der Waals surface area contributed by atoms with E-state index in [2.05, 4.69) is 15.5 Å². The molecule has 1 aromatic carbocycles. The van der Waals surface area contributed by atoms with Crippen LogP contribution in [0.15, 0.2) is 35.1 Å². The summed E-state index contributed by atoms with van der Waals surface area (Å²) in [6.45, 7) is 3.72. The van der Waals surface area contributed by atoms with Crippen LogP contribution in [0.1, 0.15) is 26.7 Å². The van der Waals surface area contributed by atoms with E-state index < -0.39 is 5.54 Å². The molecule has 0 bridgehead atoms. The fraction of sp³-hybridized carbons (Fsp3) is 0.333. The van der Waals surface area contributed by atoms with E-state index in [-0.39, 0.29) is 11.5 Å². The first-order chi connectivity index (χ1) is 9.92. The summed E-state index contributed by atoms with van der Waals surface area (Å²) in [7, 11) is 0. The number of H-pyrrole nitrogens is 2.